The van der Waals surface area contributed by atoms with E-state index in [1.807, 2.05) is 52.2 Å². The van der Waals surface area contributed by atoms with Gasteiger partial charge in [-0.25, -0.2) is 0 Å². The number of benzene rings is 2. The molecule has 2 aliphatic heterocycles. The van der Waals surface area contributed by atoms with E-state index < -0.39 is 0 Å². The number of hydrogen-bond donors (Lipinski definition) is 1. The van der Waals surface area contributed by atoms with Crippen molar-refractivity contribution in [2.45, 2.75) is 25.4 Å². The van der Waals surface area contributed by atoms with Crippen LogP contribution in [0.25, 0.3) is 0 Å². The van der Waals surface area contributed by atoms with Crippen molar-refractivity contribution >= 4 is 11.6 Å². The van der Waals surface area contributed by atoms with Crippen LogP contribution < -0.4 is 14.8 Å². The maximum absolute atomic E-state index is 13.1. The van der Waals surface area contributed by atoms with Gasteiger partial charge in [-0.2, -0.15) is 5.10 Å². The molecule has 2 aromatic carbocycles. The third-order valence-corrected chi connectivity index (χ3v) is 5.69. The molecule has 0 radical (unpaired) electrons. The summed E-state index contributed by atoms with van der Waals surface area (Å²) in [4.78, 5) is 15.0. The van der Waals surface area contributed by atoms with E-state index in [1.54, 1.807) is 6.20 Å². The van der Waals surface area contributed by atoms with Gasteiger partial charge in [0.15, 0.2) is 11.5 Å². The number of aromatic nitrogens is 2. The van der Waals surface area contributed by atoms with Gasteiger partial charge in [-0.15, -0.1) is 0 Å². The quantitative estimate of drug-likeness (QED) is 0.688. The molecule has 160 valence electrons. The number of hydrogen-bond acceptors (Lipinski definition) is 5. The van der Waals surface area contributed by atoms with Gasteiger partial charge in [0.05, 0.1) is 18.3 Å². The Morgan fingerprint density at radius 1 is 1.10 bits per heavy atom. The van der Waals surface area contributed by atoms with Crippen molar-refractivity contribution in [2.75, 3.05) is 31.6 Å². The molecular formula is C24H26N4O3. The molecule has 7 nitrogen and oxygen atoms in total. The second-order valence-electron chi connectivity index (χ2n) is 8.01. The standard InChI is InChI=1S/C24H26N4O3/c29-24(19-14-25-28(16-19)15-18-5-2-1-3-6-18)27-10-4-7-21(17-27)26-20-8-9-22-23(13-20)31-12-11-30-22/h1-3,5-6,8-9,13-14,16,21,26H,4,7,10-12,15,17H2. The van der Waals surface area contributed by atoms with Crippen LogP contribution in [0.4, 0.5) is 5.69 Å². The Kier molecular flexibility index (Phi) is 5.48. The van der Waals surface area contributed by atoms with Crippen LogP contribution in [0.1, 0.15) is 28.8 Å². The zero-order valence-corrected chi connectivity index (χ0v) is 17.4. The minimum absolute atomic E-state index is 0.0352. The molecule has 1 aromatic heterocycles. The molecule has 1 saturated heterocycles. The van der Waals surface area contributed by atoms with Crippen molar-refractivity contribution < 1.29 is 14.3 Å². The highest BCUT2D eigenvalue weighted by molar-refractivity contribution is 5.93. The summed E-state index contributed by atoms with van der Waals surface area (Å²) in [5, 5.41) is 7.94. The highest BCUT2D eigenvalue weighted by Crippen LogP contribution is 2.33. The first-order chi connectivity index (χ1) is 15.2. The molecule has 31 heavy (non-hydrogen) atoms. The molecule has 0 bridgehead atoms. The number of fused-ring (bicyclic) bond motifs is 1. The van der Waals surface area contributed by atoms with E-state index in [0.717, 1.165) is 42.1 Å². The summed E-state index contributed by atoms with van der Waals surface area (Å²) in [6.45, 7) is 3.24. The predicted molar refractivity (Wildman–Crippen MR) is 118 cm³/mol. The van der Waals surface area contributed by atoms with Gasteiger partial charge in [0.2, 0.25) is 0 Å². The van der Waals surface area contributed by atoms with E-state index in [9.17, 15) is 4.79 Å². The molecular weight excluding hydrogens is 392 g/mol. The number of nitrogens with zero attached hydrogens (tertiary/aromatic N) is 3. The Bertz CT molecular complexity index is 1050. The molecule has 1 atom stereocenters. The first kappa shape index (κ1) is 19.5. The van der Waals surface area contributed by atoms with E-state index in [1.165, 1.54) is 0 Å². The van der Waals surface area contributed by atoms with Crippen LogP contribution in [-0.2, 0) is 6.54 Å². The van der Waals surface area contributed by atoms with Crippen molar-refractivity contribution in [3.63, 3.8) is 0 Å². The molecule has 7 heteroatoms. The van der Waals surface area contributed by atoms with Crippen molar-refractivity contribution in [1.29, 1.82) is 0 Å². The average molecular weight is 418 g/mol. The zero-order valence-electron chi connectivity index (χ0n) is 17.4. The van der Waals surface area contributed by atoms with Crippen LogP contribution >= 0.6 is 0 Å². The number of carbonyl (C=O) groups excluding carboxylic acids is 1. The lowest BCUT2D eigenvalue weighted by Crippen LogP contribution is -2.45. The molecule has 1 fully saturated rings. The molecule has 0 spiro atoms. The van der Waals surface area contributed by atoms with Crippen LogP contribution in [0.5, 0.6) is 11.5 Å². The summed E-state index contributed by atoms with van der Waals surface area (Å²) in [7, 11) is 0. The van der Waals surface area contributed by atoms with Crippen molar-refractivity contribution in [3.8, 4) is 11.5 Å². The molecule has 3 heterocycles. The van der Waals surface area contributed by atoms with Gasteiger partial charge in [0.25, 0.3) is 5.91 Å². The van der Waals surface area contributed by atoms with Gasteiger partial charge in [-0.1, -0.05) is 30.3 Å². The number of likely N-dealkylation sites (tertiary alicyclic amines) is 1. The topological polar surface area (TPSA) is 68.6 Å². The van der Waals surface area contributed by atoms with Crippen LogP contribution in [0, 0.1) is 0 Å². The largest absolute Gasteiger partial charge is 0.486 e. The second kappa shape index (κ2) is 8.71. The normalized spacial score (nSPS) is 17.9. The van der Waals surface area contributed by atoms with E-state index in [4.69, 9.17) is 9.47 Å². The fourth-order valence-corrected chi connectivity index (χ4v) is 4.16. The summed E-state index contributed by atoms with van der Waals surface area (Å²) in [5.74, 6) is 1.59. The number of amides is 1. The Morgan fingerprint density at radius 2 is 1.94 bits per heavy atom. The fourth-order valence-electron chi connectivity index (χ4n) is 4.16. The van der Waals surface area contributed by atoms with Gasteiger partial charge in [0.1, 0.15) is 13.2 Å². The number of carbonyl (C=O) groups is 1. The lowest BCUT2D eigenvalue weighted by atomic mass is 10.0. The smallest absolute Gasteiger partial charge is 0.257 e. The van der Waals surface area contributed by atoms with Gasteiger partial charge < -0.3 is 19.7 Å². The SMILES string of the molecule is O=C(c1cnn(Cc2ccccc2)c1)N1CCCC(Nc2ccc3c(c2)OCCO3)C1. The maximum atomic E-state index is 13.1. The minimum Gasteiger partial charge on any atom is -0.486 e. The van der Waals surface area contributed by atoms with Gasteiger partial charge in [-0.3, -0.25) is 9.48 Å². The molecule has 1 amide bonds. The molecule has 1 unspecified atom stereocenters. The Hall–Kier alpha value is -3.48. The van der Waals surface area contributed by atoms with E-state index >= 15 is 0 Å². The summed E-state index contributed by atoms with van der Waals surface area (Å²) in [6.07, 6.45) is 5.49. The van der Waals surface area contributed by atoms with Crippen LogP contribution in [0.2, 0.25) is 0 Å². The van der Waals surface area contributed by atoms with Gasteiger partial charge >= 0.3 is 0 Å². The number of piperidine rings is 1. The van der Waals surface area contributed by atoms with Crippen molar-refractivity contribution in [2.24, 2.45) is 0 Å². The van der Waals surface area contributed by atoms with Gasteiger partial charge in [-0.05, 0) is 30.5 Å². The summed E-state index contributed by atoms with van der Waals surface area (Å²) in [6, 6.07) is 16.2. The lowest BCUT2D eigenvalue weighted by Gasteiger charge is -2.33. The number of nitrogens with one attached hydrogen (secondary N) is 1. The predicted octanol–water partition coefficient (Wildman–Crippen LogP) is 3.42. The number of rotatable bonds is 5. The molecule has 0 saturated carbocycles. The monoisotopic (exact) mass is 418 g/mol. The third-order valence-electron chi connectivity index (χ3n) is 5.69. The Morgan fingerprint density at radius 3 is 2.81 bits per heavy atom. The van der Waals surface area contributed by atoms with Crippen LogP contribution in [0.3, 0.4) is 0 Å². The number of anilines is 1. The summed E-state index contributed by atoms with van der Waals surface area (Å²) in [5.41, 5.74) is 2.78. The Labute approximate surface area is 181 Å². The second-order valence-corrected chi connectivity index (χ2v) is 8.01. The molecule has 1 N–H and O–H groups in total. The highest BCUT2D eigenvalue weighted by atomic mass is 16.6. The number of ether oxygens (including phenoxy) is 2. The van der Waals surface area contributed by atoms with Crippen LogP contribution in [-0.4, -0.2) is 52.9 Å². The molecule has 0 aliphatic carbocycles. The minimum atomic E-state index is 0.0352. The summed E-state index contributed by atoms with van der Waals surface area (Å²) < 4.78 is 13.1. The molecule has 2 aliphatic rings. The summed E-state index contributed by atoms with van der Waals surface area (Å²) >= 11 is 0. The molecule has 3 aromatic rings. The van der Waals surface area contributed by atoms with E-state index in [-0.39, 0.29) is 11.9 Å². The maximum Gasteiger partial charge on any atom is 0.257 e. The lowest BCUT2D eigenvalue weighted by molar-refractivity contribution is 0.0714. The van der Waals surface area contributed by atoms with E-state index in [2.05, 4.69) is 22.5 Å². The van der Waals surface area contributed by atoms with Gasteiger partial charge in [0, 0.05) is 37.1 Å². The molecule has 5 rings (SSSR count). The average Bonchev–Trinajstić information content (AvgIpc) is 3.28. The van der Waals surface area contributed by atoms with Crippen molar-refractivity contribution in [1.82, 2.24) is 14.7 Å². The van der Waals surface area contributed by atoms with Crippen LogP contribution in [0.15, 0.2) is 60.9 Å². The van der Waals surface area contributed by atoms with E-state index in [0.29, 0.717) is 31.9 Å². The third kappa shape index (κ3) is 4.50. The first-order valence-electron chi connectivity index (χ1n) is 10.8. The first-order valence-corrected chi connectivity index (χ1v) is 10.8. The van der Waals surface area contributed by atoms with Crippen molar-refractivity contribution in [3.05, 3.63) is 72.1 Å². The fraction of sp³-hybridized carbons (Fsp3) is 0.333. The zero-order chi connectivity index (χ0) is 21.0. The Balaban J connectivity index is 1.21. The highest BCUT2D eigenvalue weighted by Gasteiger charge is 2.25.